The second-order valence-corrected chi connectivity index (χ2v) is 8.04. The number of para-hydroxylation sites is 1. The quantitative estimate of drug-likeness (QED) is 0.656. The molecule has 0 bridgehead atoms. The Morgan fingerprint density at radius 3 is 2.63 bits per heavy atom. The van der Waals surface area contributed by atoms with Crippen LogP contribution in [0.15, 0.2) is 54.7 Å². The van der Waals surface area contributed by atoms with Crippen molar-refractivity contribution in [3.8, 4) is 16.9 Å². The third kappa shape index (κ3) is 4.58. The van der Waals surface area contributed by atoms with Crippen molar-refractivity contribution in [1.82, 2.24) is 20.4 Å². The molecule has 2 heterocycles. The maximum absolute atomic E-state index is 13.3. The van der Waals surface area contributed by atoms with E-state index in [2.05, 4.69) is 49.6 Å². The fourth-order valence-electron chi connectivity index (χ4n) is 4.01. The van der Waals surface area contributed by atoms with Gasteiger partial charge < -0.3 is 10.6 Å². The van der Waals surface area contributed by atoms with Gasteiger partial charge in [0.15, 0.2) is 0 Å². The Morgan fingerprint density at radius 1 is 1.17 bits per heavy atom. The largest absolute Gasteiger partial charge is 0.349 e. The second kappa shape index (κ2) is 9.45. The van der Waals surface area contributed by atoms with Crippen molar-refractivity contribution in [3.63, 3.8) is 0 Å². The van der Waals surface area contributed by atoms with Gasteiger partial charge in [0.05, 0.1) is 11.3 Å². The number of aromatic nitrogens is 2. The Kier molecular flexibility index (Phi) is 6.95. The van der Waals surface area contributed by atoms with Crippen LogP contribution in [0.25, 0.3) is 16.9 Å². The Morgan fingerprint density at radius 2 is 1.93 bits per heavy atom. The standard InChI is InChI=1S/C24H28N4O.ClH/c1-16-9-10-20(17(2)13-16)23-21(15-28(27-23)19-7-5-4-6-8-19)24(29)26-22-11-12-25-14-18(22)3;/h4-10,13,15,18,22,25H,11-12,14H2,1-3H3,(H,26,29);1H. The molecule has 6 heteroatoms. The van der Waals surface area contributed by atoms with Crippen molar-refractivity contribution in [2.45, 2.75) is 33.2 Å². The summed E-state index contributed by atoms with van der Waals surface area (Å²) >= 11 is 0. The molecule has 0 spiro atoms. The summed E-state index contributed by atoms with van der Waals surface area (Å²) in [5, 5.41) is 11.5. The van der Waals surface area contributed by atoms with E-state index in [4.69, 9.17) is 5.10 Å². The van der Waals surface area contributed by atoms with Crippen LogP contribution < -0.4 is 10.6 Å². The zero-order valence-electron chi connectivity index (χ0n) is 17.7. The van der Waals surface area contributed by atoms with Crippen LogP contribution in [0.2, 0.25) is 0 Å². The average molecular weight is 425 g/mol. The van der Waals surface area contributed by atoms with E-state index >= 15 is 0 Å². The molecule has 4 rings (SSSR count). The zero-order chi connectivity index (χ0) is 20.4. The van der Waals surface area contributed by atoms with Gasteiger partial charge in [-0.05, 0) is 57.0 Å². The summed E-state index contributed by atoms with van der Waals surface area (Å²) in [5.74, 6) is 0.349. The lowest BCUT2D eigenvalue weighted by Gasteiger charge is -2.30. The summed E-state index contributed by atoms with van der Waals surface area (Å²) in [4.78, 5) is 13.3. The molecule has 158 valence electrons. The predicted molar refractivity (Wildman–Crippen MR) is 124 cm³/mol. The van der Waals surface area contributed by atoms with Crippen molar-refractivity contribution < 1.29 is 4.79 Å². The molecule has 30 heavy (non-hydrogen) atoms. The number of amides is 1. The minimum Gasteiger partial charge on any atom is -0.349 e. The summed E-state index contributed by atoms with van der Waals surface area (Å²) < 4.78 is 1.80. The van der Waals surface area contributed by atoms with E-state index in [1.54, 1.807) is 4.68 Å². The molecule has 1 aliphatic heterocycles. The normalized spacial score (nSPS) is 18.5. The van der Waals surface area contributed by atoms with Crippen LogP contribution in [0.4, 0.5) is 0 Å². The number of nitrogens with one attached hydrogen (secondary N) is 2. The van der Waals surface area contributed by atoms with Crippen LogP contribution in [0.3, 0.4) is 0 Å². The van der Waals surface area contributed by atoms with Crippen molar-refractivity contribution in [3.05, 3.63) is 71.4 Å². The Bertz CT molecular complexity index is 1020. The lowest BCUT2D eigenvalue weighted by atomic mass is 9.94. The number of benzene rings is 2. The number of piperidine rings is 1. The summed E-state index contributed by atoms with van der Waals surface area (Å²) in [6.07, 6.45) is 2.80. The van der Waals surface area contributed by atoms with Gasteiger partial charge in [-0.15, -0.1) is 12.4 Å². The predicted octanol–water partition coefficient (Wildman–Crippen LogP) is 4.31. The number of rotatable bonds is 4. The molecule has 2 aromatic carbocycles. The molecule has 1 amide bonds. The topological polar surface area (TPSA) is 59.0 Å². The third-order valence-electron chi connectivity index (χ3n) is 5.72. The van der Waals surface area contributed by atoms with E-state index < -0.39 is 0 Å². The minimum absolute atomic E-state index is 0. The van der Waals surface area contributed by atoms with E-state index in [0.29, 0.717) is 11.5 Å². The van der Waals surface area contributed by atoms with Crippen LogP contribution in [0.1, 0.15) is 34.8 Å². The third-order valence-corrected chi connectivity index (χ3v) is 5.72. The van der Waals surface area contributed by atoms with E-state index in [0.717, 1.165) is 42.0 Å². The Labute approximate surface area is 184 Å². The lowest BCUT2D eigenvalue weighted by Crippen LogP contribution is -2.48. The van der Waals surface area contributed by atoms with E-state index in [1.807, 2.05) is 36.5 Å². The second-order valence-electron chi connectivity index (χ2n) is 8.04. The smallest absolute Gasteiger partial charge is 0.255 e. The van der Waals surface area contributed by atoms with Gasteiger partial charge in [0.2, 0.25) is 0 Å². The summed E-state index contributed by atoms with van der Waals surface area (Å²) in [5.41, 5.74) is 5.59. The maximum atomic E-state index is 13.3. The van der Waals surface area contributed by atoms with Gasteiger partial charge in [-0.3, -0.25) is 4.79 Å². The molecular weight excluding hydrogens is 396 g/mol. The first-order chi connectivity index (χ1) is 14.0. The molecule has 1 aromatic heterocycles. The highest BCUT2D eigenvalue weighted by molar-refractivity contribution is 6.00. The van der Waals surface area contributed by atoms with Crippen LogP contribution in [-0.2, 0) is 0 Å². The van der Waals surface area contributed by atoms with Gasteiger partial charge >= 0.3 is 0 Å². The number of halogens is 1. The van der Waals surface area contributed by atoms with Crippen LogP contribution in [0, 0.1) is 19.8 Å². The number of hydrogen-bond donors (Lipinski definition) is 2. The molecule has 3 aromatic rings. The van der Waals surface area contributed by atoms with Gasteiger partial charge in [0.25, 0.3) is 5.91 Å². The molecule has 2 N–H and O–H groups in total. The number of hydrogen-bond acceptors (Lipinski definition) is 3. The molecule has 1 fully saturated rings. The number of carbonyl (C=O) groups is 1. The van der Waals surface area contributed by atoms with E-state index in [9.17, 15) is 4.79 Å². The first-order valence-corrected chi connectivity index (χ1v) is 10.3. The van der Waals surface area contributed by atoms with Crippen molar-refractivity contribution >= 4 is 18.3 Å². The van der Waals surface area contributed by atoms with Gasteiger partial charge in [-0.25, -0.2) is 4.68 Å². The lowest BCUT2D eigenvalue weighted by molar-refractivity contribution is 0.0915. The van der Waals surface area contributed by atoms with Crippen molar-refractivity contribution in [2.75, 3.05) is 13.1 Å². The first kappa shape index (κ1) is 22.1. The Balaban J connectivity index is 0.00000256. The monoisotopic (exact) mass is 424 g/mol. The van der Waals surface area contributed by atoms with Crippen LogP contribution >= 0.6 is 12.4 Å². The Hall–Kier alpha value is -2.63. The fraction of sp³-hybridized carbons (Fsp3) is 0.333. The molecule has 0 radical (unpaired) electrons. The number of nitrogens with zero attached hydrogens (tertiary/aromatic N) is 2. The highest BCUT2D eigenvalue weighted by atomic mass is 35.5. The molecule has 1 saturated heterocycles. The summed E-state index contributed by atoms with van der Waals surface area (Å²) in [7, 11) is 0. The highest BCUT2D eigenvalue weighted by Crippen LogP contribution is 2.28. The van der Waals surface area contributed by atoms with Gasteiger partial charge in [-0.2, -0.15) is 5.10 Å². The highest BCUT2D eigenvalue weighted by Gasteiger charge is 2.26. The van der Waals surface area contributed by atoms with Gasteiger partial charge in [0.1, 0.15) is 5.69 Å². The van der Waals surface area contributed by atoms with Gasteiger partial charge in [-0.1, -0.05) is 48.9 Å². The van der Waals surface area contributed by atoms with E-state index in [-0.39, 0.29) is 24.4 Å². The fourth-order valence-corrected chi connectivity index (χ4v) is 4.01. The molecule has 1 aliphatic rings. The minimum atomic E-state index is -0.0547. The molecule has 2 unspecified atom stereocenters. The van der Waals surface area contributed by atoms with Crippen molar-refractivity contribution in [2.24, 2.45) is 5.92 Å². The van der Waals surface area contributed by atoms with Crippen LogP contribution in [-0.4, -0.2) is 34.8 Å². The SMILES string of the molecule is Cc1ccc(-c2nn(-c3ccccc3)cc2C(=O)NC2CCNCC2C)c(C)c1.Cl. The van der Waals surface area contributed by atoms with Gasteiger partial charge in [0, 0.05) is 17.8 Å². The number of aryl methyl sites for hydroxylation is 2. The van der Waals surface area contributed by atoms with Crippen LogP contribution in [0.5, 0.6) is 0 Å². The molecule has 5 nitrogen and oxygen atoms in total. The molecule has 2 atom stereocenters. The van der Waals surface area contributed by atoms with Crippen molar-refractivity contribution in [1.29, 1.82) is 0 Å². The molecule has 0 saturated carbocycles. The molecule has 0 aliphatic carbocycles. The molecular formula is C24H29ClN4O. The first-order valence-electron chi connectivity index (χ1n) is 10.3. The summed E-state index contributed by atoms with van der Waals surface area (Å²) in [6.45, 7) is 8.18. The maximum Gasteiger partial charge on any atom is 0.255 e. The summed E-state index contributed by atoms with van der Waals surface area (Å²) in [6, 6.07) is 16.4. The zero-order valence-corrected chi connectivity index (χ0v) is 18.5. The number of carbonyl (C=O) groups excluding carboxylic acids is 1. The van der Waals surface area contributed by atoms with E-state index in [1.165, 1.54) is 5.56 Å². The average Bonchev–Trinajstić information content (AvgIpc) is 3.16.